The van der Waals surface area contributed by atoms with Gasteiger partial charge in [-0.25, -0.2) is 0 Å². The van der Waals surface area contributed by atoms with E-state index in [2.05, 4.69) is 10.9 Å². The average Bonchev–Trinajstić information content (AvgIpc) is 2.46. The van der Waals surface area contributed by atoms with Crippen molar-refractivity contribution in [1.82, 2.24) is 5.43 Å². The van der Waals surface area contributed by atoms with Gasteiger partial charge in [0, 0.05) is 17.7 Å². The molecule has 2 aromatic rings. The zero-order chi connectivity index (χ0) is 13.7. The molecule has 2 rings (SSSR count). The summed E-state index contributed by atoms with van der Waals surface area (Å²) in [6.45, 7) is 0. The minimum atomic E-state index is -0.496. The standard InChI is InChI=1S/C13H11N3O3/c17-13(10-5-2-1-3-6-10)15-14-11-7-4-8-12(9-11)16(18)19/h1-9,14H,(H,15,17). The molecule has 0 aliphatic rings. The van der Waals surface area contributed by atoms with Crippen LogP contribution in [0.4, 0.5) is 11.4 Å². The van der Waals surface area contributed by atoms with Crippen LogP contribution in [0.2, 0.25) is 0 Å². The quantitative estimate of drug-likeness (QED) is 0.650. The van der Waals surface area contributed by atoms with Gasteiger partial charge >= 0.3 is 0 Å². The second-order valence-corrected chi connectivity index (χ2v) is 3.75. The second-order valence-electron chi connectivity index (χ2n) is 3.75. The maximum Gasteiger partial charge on any atom is 0.271 e. The Morgan fingerprint density at radius 1 is 1.05 bits per heavy atom. The highest BCUT2D eigenvalue weighted by molar-refractivity contribution is 5.94. The molecule has 0 fully saturated rings. The summed E-state index contributed by atoms with van der Waals surface area (Å²) >= 11 is 0. The summed E-state index contributed by atoms with van der Waals surface area (Å²) in [5, 5.41) is 10.6. The lowest BCUT2D eigenvalue weighted by atomic mass is 10.2. The van der Waals surface area contributed by atoms with Crippen LogP contribution in [0.5, 0.6) is 0 Å². The normalized spacial score (nSPS) is 9.68. The van der Waals surface area contributed by atoms with Crippen molar-refractivity contribution in [1.29, 1.82) is 0 Å². The van der Waals surface area contributed by atoms with Crippen LogP contribution in [0, 0.1) is 10.1 Å². The van der Waals surface area contributed by atoms with E-state index < -0.39 is 4.92 Å². The van der Waals surface area contributed by atoms with E-state index in [1.807, 2.05) is 6.07 Å². The molecular formula is C13H11N3O3. The van der Waals surface area contributed by atoms with Crippen LogP contribution < -0.4 is 10.9 Å². The van der Waals surface area contributed by atoms with Gasteiger partial charge in [0.2, 0.25) is 0 Å². The van der Waals surface area contributed by atoms with Crippen molar-refractivity contribution in [2.24, 2.45) is 0 Å². The summed E-state index contributed by atoms with van der Waals surface area (Å²) in [5.74, 6) is -0.313. The summed E-state index contributed by atoms with van der Waals surface area (Å²) < 4.78 is 0. The van der Waals surface area contributed by atoms with E-state index >= 15 is 0 Å². The van der Waals surface area contributed by atoms with Gasteiger partial charge in [0.05, 0.1) is 10.6 Å². The maximum absolute atomic E-state index is 11.7. The Morgan fingerprint density at radius 3 is 2.47 bits per heavy atom. The number of hydrogen-bond acceptors (Lipinski definition) is 4. The van der Waals surface area contributed by atoms with Crippen LogP contribution in [-0.2, 0) is 0 Å². The fourth-order valence-electron chi connectivity index (χ4n) is 1.49. The molecule has 0 atom stereocenters. The van der Waals surface area contributed by atoms with Gasteiger partial charge in [0.25, 0.3) is 11.6 Å². The molecule has 0 aliphatic heterocycles. The Labute approximate surface area is 109 Å². The first kappa shape index (κ1) is 12.6. The number of anilines is 1. The number of carbonyl (C=O) groups excluding carboxylic acids is 1. The van der Waals surface area contributed by atoms with Crippen LogP contribution in [0.1, 0.15) is 10.4 Å². The van der Waals surface area contributed by atoms with Crippen LogP contribution in [-0.4, -0.2) is 10.8 Å². The van der Waals surface area contributed by atoms with E-state index in [1.165, 1.54) is 18.2 Å². The third-order valence-electron chi connectivity index (χ3n) is 2.41. The molecular weight excluding hydrogens is 246 g/mol. The molecule has 96 valence electrons. The van der Waals surface area contributed by atoms with Crippen LogP contribution in [0.25, 0.3) is 0 Å². The summed E-state index contributed by atoms with van der Waals surface area (Å²) in [7, 11) is 0. The van der Waals surface area contributed by atoms with Crippen LogP contribution in [0.15, 0.2) is 54.6 Å². The van der Waals surface area contributed by atoms with Crippen molar-refractivity contribution in [3.05, 3.63) is 70.3 Å². The molecule has 19 heavy (non-hydrogen) atoms. The molecule has 2 N–H and O–H groups in total. The summed E-state index contributed by atoms with van der Waals surface area (Å²) in [6, 6.07) is 14.5. The third kappa shape index (κ3) is 3.29. The number of carbonyl (C=O) groups is 1. The fourth-order valence-corrected chi connectivity index (χ4v) is 1.49. The Kier molecular flexibility index (Phi) is 3.72. The molecule has 6 heteroatoms. The maximum atomic E-state index is 11.7. The highest BCUT2D eigenvalue weighted by Gasteiger charge is 2.07. The zero-order valence-corrected chi connectivity index (χ0v) is 9.87. The number of nitrogens with zero attached hydrogens (tertiary/aromatic N) is 1. The van der Waals surface area contributed by atoms with Gasteiger partial charge in [-0.2, -0.15) is 0 Å². The van der Waals surface area contributed by atoms with Gasteiger partial charge in [-0.05, 0) is 18.2 Å². The van der Waals surface area contributed by atoms with E-state index in [-0.39, 0.29) is 11.6 Å². The molecule has 2 aromatic carbocycles. The Hall–Kier alpha value is -2.89. The summed E-state index contributed by atoms with van der Waals surface area (Å²) in [4.78, 5) is 21.8. The molecule has 0 aliphatic carbocycles. The number of amides is 1. The summed E-state index contributed by atoms with van der Waals surface area (Å²) in [6.07, 6.45) is 0. The van der Waals surface area contributed by atoms with Gasteiger partial charge in [0.1, 0.15) is 0 Å². The first-order valence-corrected chi connectivity index (χ1v) is 5.52. The van der Waals surface area contributed by atoms with Gasteiger partial charge in [-0.1, -0.05) is 24.3 Å². The van der Waals surface area contributed by atoms with Crippen molar-refractivity contribution in [3.63, 3.8) is 0 Å². The van der Waals surface area contributed by atoms with Crippen molar-refractivity contribution in [2.45, 2.75) is 0 Å². The summed E-state index contributed by atoms with van der Waals surface area (Å²) in [5.41, 5.74) is 6.00. The molecule has 0 saturated carbocycles. The number of rotatable bonds is 4. The van der Waals surface area contributed by atoms with Crippen molar-refractivity contribution < 1.29 is 9.72 Å². The molecule has 0 saturated heterocycles. The van der Waals surface area contributed by atoms with E-state index in [1.54, 1.807) is 30.3 Å². The predicted molar refractivity (Wildman–Crippen MR) is 70.6 cm³/mol. The number of nitro groups is 1. The molecule has 0 spiro atoms. The Morgan fingerprint density at radius 2 is 1.79 bits per heavy atom. The van der Waals surface area contributed by atoms with Crippen molar-refractivity contribution in [2.75, 3.05) is 5.43 Å². The molecule has 0 heterocycles. The lowest BCUT2D eigenvalue weighted by Gasteiger charge is -2.08. The first-order chi connectivity index (χ1) is 9.16. The number of benzene rings is 2. The first-order valence-electron chi connectivity index (χ1n) is 5.52. The number of hydrazine groups is 1. The number of nitrogens with one attached hydrogen (secondary N) is 2. The van der Waals surface area contributed by atoms with Crippen LogP contribution in [0.3, 0.4) is 0 Å². The van der Waals surface area contributed by atoms with Gasteiger partial charge in [-0.15, -0.1) is 0 Å². The molecule has 0 aromatic heterocycles. The lowest BCUT2D eigenvalue weighted by molar-refractivity contribution is -0.384. The number of hydrogen-bond donors (Lipinski definition) is 2. The van der Waals surface area contributed by atoms with Gasteiger partial charge in [-0.3, -0.25) is 25.8 Å². The number of nitro benzene ring substituents is 1. The lowest BCUT2D eigenvalue weighted by Crippen LogP contribution is -2.29. The number of non-ortho nitro benzene ring substituents is 1. The van der Waals surface area contributed by atoms with E-state index in [0.29, 0.717) is 11.3 Å². The highest BCUT2D eigenvalue weighted by atomic mass is 16.6. The molecule has 6 nitrogen and oxygen atoms in total. The molecule has 0 unspecified atom stereocenters. The minimum absolute atomic E-state index is 0.0426. The predicted octanol–water partition coefficient (Wildman–Crippen LogP) is 2.35. The molecule has 0 bridgehead atoms. The Balaban J connectivity index is 2.01. The van der Waals surface area contributed by atoms with Crippen molar-refractivity contribution >= 4 is 17.3 Å². The average molecular weight is 257 g/mol. The smallest absolute Gasteiger partial charge is 0.271 e. The van der Waals surface area contributed by atoms with Crippen molar-refractivity contribution in [3.8, 4) is 0 Å². The van der Waals surface area contributed by atoms with E-state index in [0.717, 1.165) is 0 Å². The minimum Gasteiger partial charge on any atom is -0.298 e. The largest absolute Gasteiger partial charge is 0.298 e. The van der Waals surface area contributed by atoms with E-state index in [9.17, 15) is 14.9 Å². The zero-order valence-electron chi connectivity index (χ0n) is 9.87. The van der Waals surface area contributed by atoms with Gasteiger partial charge < -0.3 is 0 Å². The molecule has 1 amide bonds. The topological polar surface area (TPSA) is 84.3 Å². The fraction of sp³-hybridized carbons (Fsp3) is 0. The monoisotopic (exact) mass is 257 g/mol. The van der Waals surface area contributed by atoms with E-state index in [4.69, 9.17) is 0 Å². The highest BCUT2D eigenvalue weighted by Crippen LogP contribution is 2.16. The Bertz CT molecular complexity index is 599. The third-order valence-corrected chi connectivity index (χ3v) is 2.41. The molecule has 0 radical (unpaired) electrons. The van der Waals surface area contributed by atoms with Gasteiger partial charge in [0.15, 0.2) is 0 Å². The SMILES string of the molecule is O=C(NNc1cccc([N+](=O)[O-])c1)c1ccccc1. The second kappa shape index (κ2) is 5.63. The van der Waals surface area contributed by atoms with Crippen LogP contribution >= 0.6 is 0 Å².